The van der Waals surface area contributed by atoms with Crippen LogP contribution in [0.2, 0.25) is 5.02 Å². The molecule has 0 saturated carbocycles. The molecule has 0 aliphatic carbocycles. The third-order valence-corrected chi connectivity index (χ3v) is 4.68. The number of nitrogens with zero attached hydrogens (tertiary/aromatic N) is 2. The molecule has 2 atom stereocenters. The summed E-state index contributed by atoms with van der Waals surface area (Å²) in [7, 11) is 2.10. The van der Waals surface area contributed by atoms with Gasteiger partial charge in [0.1, 0.15) is 0 Å². The highest BCUT2D eigenvalue weighted by Crippen LogP contribution is 2.21. The highest BCUT2D eigenvalue weighted by atomic mass is 35.5. The summed E-state index contributed by atoms with van der Waals surface area (Å²) in [6, 6.07) is 8.05. The van der Waals surface area contributed by atoms with Gasteiger partial charge in [0, 0.05) is 24.7 Å². The molecule has 2 saturated heterocycles. The number of carbonyl (C=O) groups is 1. The molecule has 0 spiro atoms. The van der Waals surface area contributed by atoms with E-state index in [9.17, 15) is 4.79 Å². The monoisotopic (exact) mass is 323 g/mol. The molecule has 2 aliphatic rings. The fourth-order valence-corrected chi connectivity index (χ4v) is 3.35. The Morgan fingerprint density at radius 1 is 1.45 bits per heavy atom. The van der Waals surface area contributed by atoms with Gasteiger partial charge in [0.25, 0.3) is 0 Å². The molecule has 0 radical (unpaired) electrons. The minimum Gasteiger partial charge on any atom is -0.373 e. The first-order chi connectivity index (χ1) is 10.6. The van der Waals surface area contributed by atoms with Crippen molar-refractivity contribution in [3.63, 3.8) is 0 Å². The number of hydrogen-bond acceptors (Lipinski definition) is 3. The van der Waals surface area contributed by atoms with Crippen LogP contribution in [0.4, 0.5) is 4.79 Å². The maximum atomic E-state index is 12.3. The summed E-state index contributed by atoms with van der Waals surface area (Å²) < 4.78 is 5.76. The molecular weight excluding hydrogens is 302 g/mol. The Labute approximate surface area is 136 Å². The van der Waals surface area contributed by atoms with Gasteiger partial charge >= 0.3 is 6.03 Å². The van der Waals surface area contributed by atoms with Crippen molar-refractivity contribution >= 4 is 17.6 Å². The maximum absolute atomic E-state index is 12.3. The SMILES string of the molecule is CN1CCO[C@@H]2CN(C(=O)NCCc3cccc(Cl)c3)C[C@@H]21. The van der Waals surface area contributed by atoms with Crippen LogP contribution in [-0.2, 0) is 11.2 Å². The van der Waals surface area contributed by atoms with Crippen LogP contribution in [0.15, 0.2) is 24.3 Å². The quantitative estimate of drug-likeness (QED) is 0.919. The van der Waals surface area contributed by atoms with E-state index in [0.29, 0.717) is 19.1 Å². The topological polar surface area (TPSA) is 44.8 Å². The van der Waals surface area contributed by atoms with Crippen LogP contribution in [-0.4, -0.2) is 67.8 Å². The molecule has 120 valence electrons. The fraction of sp³-hybridized carbons (Fsp3) is 0.562. The molecule has 1 N–H and O–H groups in total. The van der Waals surface area contributed by atoms with Gasteiger partial charge in [-0.2, -0.15) is 0 Å². The van der Waals surface area contributed by atoms with Crippen molar-refractivity contribution in [1.29, 1.82) is 0 Å². The number of urea groups is 1. The highest BCUT2D eigenvalue weighted by Gasteiger charge is 2.40. The Kier molecular flexibility index (Phi) is 4.86. The lowest BCUT2D eigenvalue weighted by Crippen LogP contribution is -2.48. The lowest BCUT2D eigenvalue weighted by molar-refractivity contribution is -0.0367. The molecule has 6 heteroatoms. The standard InChI is InChI=1S/C16H22ClN3O2/c1-19-7-8-22-15-11-20(10-14(15)19)16(21)18-6-5-12-3-2-4-13(17)9-12/h2-4,9,14-15H,5-8,10-11H2,1H3,(H,18,21)/t14-,15+/m0/s1. The molecule has 1 aromatic carbocycles. The zero-order valence-electron chi connectivity index (χ0n) is 12.8. The van der Waals surface area contributed by atoms with Gasteiger partial charge in [-0.25, -0.2) is 4.79 Å². The molecule has 22 heavy (non-hydrogen) atoms. The second-order valence-electron chi connectivity index (χ2n) is 5.97. The summed E-state index contributed by atoms with van der Waals surface area (Å²) >= 11 is 5.96. The minimum atomic E-state index is -0.00609. The molecule has 0 unspecified atom stereocenters. The third-order valence-electron chi connectivity index (χ3n) is 4.45. The molecule has 2 aliphatic heterocycles. The van der Waals surface area contributed by atoms with Crippen LogP contribution in [0.1, 0.15) is 5.56 Å². The zero-order valence-corrected chi connectivity index (χ0v) is 13.6. The van der Waals surface area contributed by atoms with Gasteiger partial charge in [0.05, 0.1) is 25.3 Å². The van der Waals surface area contributed by atoms with E-state index in [1.165, 1.54) is 0 Å². The Bertz CT molecular complexity index is 540. The van der Waals surface area contributed by atoms with Gasteiger partial charge in [-0.3, -0.25) is 4.90 Å². The van der Waals surface area contributed by atoms with E-state index in [1.807, 2.05) is 29.2 Å². The molecule has 2 amide bonds. The summed E-state index contributed by atoms with van der Waals surface area (Å²) in [5, 5.41) is 3.72. The Hall–Kier alpha value is -1.30. The van der Waals surface area contributed by atoms with Crippen LogP contribution in [0, 0.1) is 0 Å². The number of likely N-dealkylation sites (tertiary alicyclic amines) is 1. The van der Waals surface area contributed by atoms with E-state index in [2.05, 4.69) is 17.3 Å². The Morgan fingerprint density at radius 2 is 2.32 bits per heavy atom. The average molecular weight is 324 g/mol. The number of likely N-dealkylation sites (N-methyl/N-ethyl adjacent to an activating group) is 1. The number of nitrogens with one attached hydrogen (secondary N) is 1. The molecule has 0 bridgehead atoms. The number of halogens is 1. The van der Waals surface area contributed by atoms with Gasteiger partial charge in [0.15, 0.2) is 0 Å². The molecule has 5 nitrogen and oxygen atoms in total. The molecular formula is C16H22ClN3O2. The lowest BCUT2D eigenvalue weighted by Gasteiger charge is -2.33. The minimum absolute atomic E-state index is 0.00609. The number of fused-ring (bicyclic) bond motifs is 1. The smallest absolute Gasteiger partial charge is 0.317 e. The van der Waals surface area contributed by atoms with E-state index in [0.717, 1.165) is 36.7 Å². The van der Waals surface area contributed by atoms with Gasteiger partial charge in [-0.15, -0.1) is 0 Å². The van der Waals surface area contributed by atoms with Crippen molar-refractivity contribution in [2.75, 3.05) is 39.8 Å². The number of ether oxygens (including phenoxy) is 1. The van der Waals surface area contributed by atoms with Crippen molar-refractivity contribution in [3.8, 4) is 0 Å². The fourth-order valence-electron chi connectivity index (χ4n) is 3.14. The highest BCUT2D eigenvalue weighted by molar-refractivity contribution is 6.30. The second kappa shape index (κ2) is 6.86. The number of hydrogen-bond donors (Lipinski definition) is 1. The van der Waals surface area contributed by atoms with Gasteiger partial charge in [-0.1, -0.05) is 23.7 Å². The average Bonchev–Trinajstić information content (AvgIpc) is 2.93. The largest absolute Gasteiger partial charge is 0.373 e. The van der Waals surface area contributed by atoms with Crippen molar-refractivity contribution < 1.29 is 9.53 Å². The van der Waals surface area contributed by atoms with E-state index in [1.54, 1.807) is 0 Å². The molecule has 3 rings (SSSR count). The number of amides is 2. The first-order valence-electron chi connectivity index (χ1n) is 7.72. The maximum Gasteiger partial charge on any atom is 0.317 e. The predicted octanol–water partition coefficient (Wildman–Crippen LogP) is 1.61. The Balaban J connectivity index is 1.46. The number of carbonyl (C=O) groups excluding carboxylic acids is 1. The van der Waals surface area contributed by atoms with Crippen LogP contribution in [0.5, 0.6) is 0 Å². The lowest BCUT2D eigenvalue weighted by atomic mass is 10.1. The van der Waals surface area contributed by atoms with E-state index in [4.69, 9.17) is 16.3 Å². The summed E-state index contributed by atoms with van der Waals surface area (Å²) in [6.45, 7) is 3.72. The summed E-state index contributed by atoms with van der Waals surface area (Å²) in [5.74, 6) is 0. The number of benzene rings is 1. The zero-order chi connectivity index (χ0) is 15.5. The van der Waals surface area contributed by atoms with Gasteiger partial charge in [-0.05, 0) is 31.2 Å². The van der Waals surface area contributed by atoms with Crippen LogP contribution in [0.3, 0.4) is 0 Å². The van der Waals surface area contributed by atoms with Crippen LogP contribution in [0.25, 0.3) is 0 Å². The number of morpholine rings is 1. The first-order valence-corrected chi connectivity index (χ1v) is 8.10. The van der Waals surface area contributed by atoms with E-state index >= 15 is 0 Å². The van der Waals surface area contributed by atoms with Crippen LogP contribution < -0.4 is 5.32 Å². The van der Waals surface area contributed by atoms with Crippen LogP contribution >= 0.6 is 11.6 Å². The summed E-state index contributed by atoms with van der Waals surface area (Å²) in [4.78, 5) is 16.4. The van der Waals surface area contributed by atoms with Crippen molar-refractivity contribution in [3.05, 3.63) is 34.9 Å². The normalized spacial score (nSPS) is 25.1. The summed E-state index contributed by atoms with van der Waals surface area (Å²) in [5.41, 5.74) is 1.13. The van der Waals surface area contributed by atoms with E-state index in [-0.39, 0.29) is 12.1 Å². The van der Waals surface area contributed by atoms with Crippen molar-refractivity contribution in [2.45, 2.75) is 18.6 Å². The Morgan fingerprint density at radius 3 is 3.09 bits per heavy atom. The van der Waals surface area contributed by atoms with Gasteiger partial charge < -0.3 is 15.0 Å². The molecule has 2 heterocycles. The predicted molar refractivity (Wildman–Crippen MR) is 86.3 cm³/mol. The van der Waals surface area contributed by atoms with E-state index < -0.39 is 0 Å². The van der Waals surface area contributed by atoms with Gasteiger partial charge in [0.2, 0.25) is 0 Å². The molecule has 0 aromatic heterocycles. The van der Waals surface area contributed by atoms with Crippen molar-refractivity contribution in [1.82, 2.24) is 15.1 Å². The molecule has 2 fully saturated rings. The number of rotatable bonds is 3. The molecule has 1 aromatic rings. The summed E-state index contributed by atoms with van der Waals surface area (Å²) in [6.07, 6.45) is 0.932. The third kappa shape index (κ3) is 3.54. The van der Waals surface area contributed by atoms with Crippen molar-refractivity contribution in [2.24, 2.45) is 0 Å². The first kappa shape index (κ1) is 15.6. The second-order valence-corrected chi connectivity index (χ2v) is 6.41.